The number of hydrogen-bond acceptors (Lipinski definition) is 3. The first-order valence-corrected chi connectivity index (χ1v) is 7.02. The van der Waals surface area contributed by atoms with Crippen LogP contribution in [0.3, 0.4) is 0 Å². The third-order valence-corrected chi connectivity index (χ3v) is 3.90. The molecule has 0 unspecified atom stereocenters. The molecule has 1 heterocycles. The van der Waals surface area contributed by atoms with Crippen molar-refractivity contribution >= 4 is 22.9 Å². The lowest BCUT2D eigenvalue weighted by atomic mass is 10.1. The average Bonchev–Trinajstić information content (AvgIpc) is 2.78. The molecule has 0 amide bonds. The highest BCUT2D eigenvalue weighted by molar-refractivity contribution is 7.14. The fourth-order valence-electron chi connectivity index (χ4n) is 1.65. The molecule has 0 atom stereocenters. The average molecular weight is 267 g/mol. The molecule has 0 radical (unpaired) electrons. The standard InChI is InChI=1S/C13H15ClN2S/c1-9-5-6-10(2)11(8-9)13-16-15-12(17-13)4-3-7-14/h5-6,8H,3-4,7H2,1-2H3. The number of alkyl halides is 1. The van der Waals surface area contributed by atoms with E-state index in [1.807, 2.05) is 0 Å². The van der Waals surface area contributed by atoms with Gasteiger partial charge < -0.3 is 0 Å². The lowest BCUT2D eigenvalue weighted by Gasteiger charge is -2.02. The van der Waals surface area contributed by atoms with E-state index in [-0.39, 0.29) is 0 Å². The maximum absolute atomic E-state index is 5.68. The molecule has 17 heavy (non-hydrogen) atoms. The van der Waals surface area contributed by atoms with Crippen LogP contribution in [-0.4, -0.2) is 16.1 Å². The maximum atomic E-state index is 5.68. The van der Waals surface area contributed by atoms with Gasteiger partial charge in [-0.25, -0.2) is 0 Å². The largest absolute Gasteiger partial charge is 0.148 e. The number of nitrogens with zero attached hydrogens (tertiary/aromatic N) is 2. The lowest BCUT2D eigenvalue weighted by Crippen LogP contribution is -1.84. The van der Waals surface area contributed by atoms with Gasteiger partial charge in [-0.15, -0.1) is 21.8 Å². The molecule has 0 aliphatic heterocycles. The fourth-order valence-corrected chi connectivity index (χ4v) is 2.74. The second-order valence-corrected chi connectivity index (χ2v) is 5.55. The molecule has 0 fully saturated rings. The summed E-state index contributed by atoms with van der Waals surface area (Å²) in [5.74, 6) is 0.679. The second kappa shape index (κ2) is 5.61. The summed E-state index contributed by atoms with van der Waals surface area (Å²) in [6.45, 7) is 4.20. The van der Waals surface area contributed by atoms with Gasteiger partial charge in [-0.1, -0.05) is 29.0 Å². The van der Waals surface area contributed by atoms with Crippen LogP contribution < -0.4 is 0 Å². The summed E-state index contributed by atoms with van der Waals surface area (Å²) in [5, 5.41) is 10.6. The molecule has 2 aromatic rings. The van der Waals surface area contributed by atoms with Gasteiger partial charge in [-0.05, 0) is 31.9 Å². The van der Waals surface area contributed by atoms with E-state index in [0.29, 0.717) is 5.88 Å². The minimum atomic E-state index is 0.679. The normalized spacial score (nSPS) is 10.8. The molecule has 0 bridgehead atoms. The van der Waals surface area contributed by atoms with Crippen molar-refractivity contribution in [1.29, 1.82) is 0 Å². The molecule has 90 valence electrons. The van der Waals surface area contributed by atoms with Crippen LogP contribution in [0.15, 0.2) is 18.2 Å². The van der Waals surface area contributed by atoms with Crippen LogP contribution in [0, 0.1) is 13.8 Å². The highest BCUT2D eigenvalue weighted by atomic mass is 35.5. The van der Waals surface area contributed by atoms with Crippen molar-refractivity contribution in [2.45, 2.75) is 26.7 Å². The van der Waals surface area contributed by atoms with Crippen LogP contribution in [0.4, 0.5) is 0 Å². The zero-order valence-corrected chi connectivity index (χ0v) is 11.6. The fraction of sp³-hybridized carbons (Fsp3) is 0.385. The van der Waals surface area contributed by atoms with E-state index in [2.05, 4.69) is 42.2 Å². The number of halogens is 1. The van der Waals surface area contributed by atoms with E-state index in [1.54, 1.807) is 11.3 Å². The molecular weight excluding hydrogens is 252 g/mol. The monoisotopic (exact) mass is 266 g/mol. The van der Waals surface area contributed by atoms with Crippen LogP contribution in [-0.2, 0) is 6.42 Å². The highest BCUT2D eigenvalue weighted by Gasteiger charge is 2.09. The Morgan fingerprint density at radius 1 is 1.24 bits per heavy atom. The van der Waals surface area contributed by atoms with Gasteiger partial charge in [0.2, 0.25) is 0 Å². The van der Waals surface area contributed by atoms with Crippen molar-refractivity contribution in [3.8, 4) is 10.6 Å². The Morgan fingerprint density at radius 3 is 2.82 bits per heavy atom. The Bertz CT molecular complexity index is 508. The first kappa shape index (κ1) is 12.5. The summed E-state index contributed by atoms with van der Waals surface area (Å²) >= 11 is 7.35. The SMILES string of the molecule is Cc1ccc(C)c(-c2nnc(CCCCl)s2)c1. The van der Waals surface area contributed by atoms with Gasteiger partial charge in [-0.2, -0.15) is 0 Å². The van der Waals surface area contributed by atoms with Gasteiger partial charge in [-0.3, -0.25) is 0 Å². The summed E-state index contributed by atoms with van der Waals surface area (Å²) in [6, 6.07) is 6.42. The zero-order chi connectivity index (χ0) is 12.3. The molecule has 0 spiro atoms. The Labute approximate surface area is 111 Å². The Morgan fingerprint density at radius 2 is 2.06 bits per heavy atom. The van der Waals surface area contributed by atoms with Crippen LogP contribution >= 0.6 is 22.9 Å². The first-order valence-electron chi connectivity index (χ1n) is 5.66. The van der Waals surface area contributed by atoms with Gasteiger partial charge >= 0.3 is 0 Å². The predicted octanol–water partition coefficient (Wildman–Crippen LogP) is 3.99. The van der Waals surface area contributed by atoms with E-state index >= 15 is 0 Å². The van der Waals surface area contributed by atoms with Gasteiger partial charge in [0.15, 0.2) is 0 Å². The number of hydrogen-bond donors (Lipinski definition) is 0. The summed E-state index contributed by atoms with van der Waals surface area (Å²) in [4.78, 5) is 0. The summed E-state index contributed by atoms with van der Waals surface area (Å²) in [6.07, 6.45) is 1.88. The van der Waals surface area contributed by atoms with E-state index < -0.39 is 0 Å². The molecule has 0 aliphatic rings. The van der Waals surface area contributed by atoms with Crippen molar-refractivity contribution in [2.24, 2.45) is 0 Å². The molecule has 0 saturated carbocycles. The van der Waals surface area contributed by atoms with E-state index in [9.17, 15) is 0 Å². The lowest BCUT2D eigenvalue weighted by molar-refractivity contribution is 0.884. The summed E-state index contributed by atoms with van der Waals surface area (Å²) in [7, 11) is 0. The van der Waals surface area contributed by atoms with Gasteiger partial charge in [0.1, 0.15) is 10.0 Å². The van der Waals surface area contributed by atoms with Gasteiger partial charge in [0.25, 0.3) is 0 Å². The van der Waals surface area contributed by atoms with E-state index in [1.165, 1.54) is 16.7 Å². The Balaban J connectivity index is 2.27. The first-order chi connectivity index (χ1) is 8.20. The molecule has 2 nitrogen and oxygen atoms in total. The smallest absolute Gasteiger partial charge is 0.143 e. The quantitative estimate of drug-likeness (QED) is 0.782. The van der Waals surface area contributed by atoms with Crippen LogP contribution in [0.1, 0.15) is 22.6 Å². The molecule has 0 saturated heterocycles. The topological polar surface area (TPSA) is 25.8 Å². The van der Waals surface area contributed by atoms with Crippen molar-refractivity contribution in [2.75, 3.05) is 5.88 Å². The van der Waals surface area contributed by atoms with Crippen molar-refractivity contribution in [1.82, 2.24) is 10.2 Å². The van der Waals surface area contributed by atoms with E-state index in [0.717, 1.165) is 22.9 Å². The minimum absolute atomic E-state index is 0.679. The molecule has 1 aromatic carbocycles. The van der Waals surface area contributed by atoms with Crippen LogP contribution in [0.2, 0.25) is 0 Å². The molecule has 1 aromatic heterocycles. The third kappa shape index (κ3) is 3.05. The Hall–Kier alpha value is -0.930. The van der Waals surface area contributed by atoms with Crippen LogP contribution in [0.25, 0.3) is 10.6 Å². The Kier molecular flexibility index (Phi) is 4.13. The highest BCUT2D eigenvalue weighted by Crippen LogP contribution is 2.27. The summed E-state index contributed by atoms with van der Waals surface area (Å²) < 4.78 is 0. The third-order valence-electron chi connectivity index (χ3n) is 2.61. The van der Waals surface area contributed by atoms with Crippen molar-refractivity contribution < 1.29 is 0 Å². The molecular formula is C13H15ClN2S. The van der Waals surface area contributed by atoms with Crippen LogP contribution in [0.5, 0.6) is 0 Å². The van der Waals surface area contributed by atoms with E-state index in [4.69, 9.17) is 11.6 Å². The molecule has 0 N–H and O–H groups in total. The van der Waals surface area contributed by atoms with Crippen molar-refractivity contribution in [3.05, 3.63) is 34.3 Å². The molecule has 4 heteroatoms. The minimum Gasteiger partial charge on any atom is -0.143 e. The zero-order valence-electron chi connectivity index (χ0n) is 10.0. The molecule has 2 rings (SSSR count). The van der Waals surface area contributed by atoms with Gasteiger partial charge in [0.05, 0.1) is 0 Å². The second-order valence-electron chi connectivity index (χ2n) is 4.11. The predicted molar refractivity (Wildman–Crippen MR) is 73.9 cm³/mol. The number of aromatic nitrogens is 2. The number of aryl methyl sites for hydroxylation is 3. The maximum Gasteiger partial charge on any atom is 0.148 e. The number of rotatable bonds is 4. The number of benzene rings is 1. The molecule has 0 aliphatic carbocycles. The van der Waals surface area contributed by atoms with Gasteiger partial charge in [0, 0.05) is 17.9 Å². The summed E-state index contributed by atoms with van der Waals surface area (Å²) in [5.41, 5.74) is 3.69. The van der Waals surface area contributed by atoms with Crippen molar-refractivity contribution in [3.63, 3.8) is 0 Å².